The van der Waals surface area contributed by atoms with Crippen molar-refractivity contribution in [2.24, 2.45) is 5.73 Å². The molecule has 2 heterocycles. The third-order valence-corrected chi connectivity index (χ3v) is 7.64. The first-order valence-electron chi connectivity index (χ1n) is 12.4. The van der Waals surface area contributed by atoms with Gasteiger partial charge in [-0.2, -0.15) is 0 Å². The highest BCUT2D eigenvalue weighted by atomic mass is 35.5. The van der Waals surface area contributed by atoms with Gasteiger partial charge in [-0.1, -0.05) is 41.4 Å². The highest BCUT2D eigenvalue weighted by molar-refractivity contribution is 6.30. The van der Waals surface area contributed by atoms with Crippen LogP contribution in [0.5, 0.6) is 5.75 Å². The summed E-state index contributed by atoms with van der Waals surface area (Å²) >= 11 is 12.3. The summed E-state index contributed by atoms with van der Waals surface area (Å²) in [5, 5.41) is 1.37. The van der Waals surface area contributed by atoms with Crippen molar-refractivity contribution >= 4 is 29.1 Å². The molecule has 0 aliphatic carbocycles. The monoisotopic (exact) mass is 503 g/mol. The maximum Gasteiger partial charge on any atom is 0.239 e. The third-order valence-electron chi connectivity index (χ3n) is 7.15. The number of likely N-dealkylation sites (tertiary alicyclic amines) is 2. The molecule has 184 valence electrons. The predicted molar refractivity (Wildman–Crippen MR) is 139 cm³/mol. The van der Waals surface area contributed by atoms with Crippen molar-refractivity contribution in [3.8, 4) is 5.75 Å². The van der Waals surface area contributed by atoms with Gasteiger partial charge in [-0.3, -0.25) is 9.69 Å². The van der Waals surface area contributed by atoms with E-state index in [4.69, 9.17) is 33.7 Å². The Labute approximate surface area is 213 Å². The van der Waals surface area contributed by atoms with Crippen molar-refractivity contribution < 1.29 is 9.53 Å². The number of piperidine rings is 1. The van der Waals surface area contributed by atoms with Crippen LogP contribution >= 0.6 is 23.2 Å². The van der Waals surface area contributed by atoms with E-state index in [2.05, 4.69) is 17.9 Å². The molecule has 7 heteroatoms. The van der Waals surface area contributed by atoms with E-state index >= 15 is 0 Å². The highest BCUT2D eigenvalue weighted by Gasteiger charge is 2.29. The van der Waals surface area contributed by atoms with E-state index in [1.807, 2.05) is 41.3 Å². The van der Waals surface area contributed by atoms with Crippen LogP contribution in [-0.4, -0.2) is 60.6 Å². The molecule has 2 aromatic rings. The molecular formula is C27H35Cl2N3O2. The Balaban J connectivity index is 1.33. The summed E-state index contributed by atoms with van der Waals surface area (Å²) in [7, 11) is 0. The number of nitrogens with zero attached hydrogens (tertiary/aromatic N) is 2. The molecule has 2 aliphatic heterocycles. The summed E-state index contributed by atoms with van der Waals surface area (Å²) in [6.07, 6.45) is 4.83. The molecule has 2 fully saturated rings. The normalized spacial score (nSPS) is 19.2. The van der Waals surface area contributed by atoms with Gasteiger partial charge in [0, 0.05) is 29.2 Å². The van der Waals surface area contributed by atoms with E-state index in [0.717, 1.165) is 37.2 Å². The molecule has 0 spiro atoms. The van der Waals surface area contributed by atoms with E-state index in [1.165, 1.54) is 18.4 Å². The molecule has 2 N–H and O–H groups in total. The lowest BCUT2D eigenvalue weighted by Gasteiger charge is -2.34. The minimum atomic E-state index is -0.542. The number of hydrogen-bond acceptors (Lipinski definition) is 4. The van der Waals surface area contributed by atoms with Gasteiger partial charge in [0.1, 0.15) is 12.4 Å². The summed E-state index contributed by atoms with van der Waals surface area (Å²) in [4.78, 5) is 17.3. The van der Waals surface area contributed by atoms with Crippen molar-refractivity contribution in [2.45, 2.75) is 57.0 Å². The quantitative estimate of drug-likeness (QED) is 0.542. The predicted octanol–water partition coefficient (Wildman–Crippen LogP) is 5.13. The van der Waals surface area contributed by atoms with E-state index < -0.39 is 6.04 Å². The van der Waals surface area contributed by atoms with Gasteiger partial charge in [0.15, 0.2) is 0 Å². The zero-order valence-electron chi connectivity index (χ0n) is 19.9. The molecule has 0 radical (unpaired) electrons. The van der Waals surface area contributed by atoms with Gasteiger partial charge in [-0.05, 0) is 93.4 Å². The first-order chi connectivity index (χ1) is 16.4. The van der Waals surface area contributed by atoms with Gasteiger partial charge in [0.05, 0.1) is 6.04 Å². The molecule has 0 unspecified atom stereocenters. The fourth-order valence-electron chi connectivity index (χ4n) is 5.08. The topological polar surface area (TPSA) is 58.8 Å². The Morgan fingerprint density at radius 3 is 2.35 bits per heavy atom. The van der Waals surface area contributed by atoms with Crippen LogP contribution < -0.4 is 10.5 Å². The van der Waals surface area contributed by atoms with Crippen molar-refractivity contribution in [2.75, 3.05) is 32.8 Å². The number of ether oxygens (including phenoxy) is 1. The van der Waals surface area contributed by atoms with Crippen LogP contribution in [0.2, 0.25) is 10.0 Å². The summed E-state index contributed by atoms with van der Waals surface area (Å²) < 4.78 is 6.30. The zero-order chi connectivity index (χ0) is 24.1. The molecular weight excluding hydrogens is 469 g/mol. The smallest absolute Gasteiger partial charge is 0.239 e. The second-order valence-electron chi connectivity index (χ2n) is 9.62. The largest absolute Gasteiger partial charge is 0.492 e. The molecule has 1 amide bonds. The molecule has 0 bridgehead atoms. The van der Waals surface area contributed by atoms with Crippen LogP contribution in [0.3, 0.4) is 0 Å². The van der Waals surface area contributed by atoms with Crippen molar-refractivity contribution in [1.29, 1.82) is 0 Å². The summed E-state index contributed by atoms with van der Waals surface area (Å²) in [5.74, 6) is 1.23. The average molecular weight is 505 g/mol. The van der Waals surface area contributed by atoms with Gasteiger partial charge < -0.3 is 15.4 Å². The highest BCUT2D eigenvalue weighted by Crippen LogP contribution is 2.36. The number of nitrogens with two attached hydrogens (primary N) is 1. The van der Waals surface area contributed by atoms with Gasteiger partial charge >= 0.3 is 0 Å². The Hall–Kier alpha value is -1.79. The lowest BCUT2D eigenvalue weighted by atomic mass is 9.88. The Morgan fingerprint density at radius 2 is 1.68 bits per heavy atom. The standard InChI is InChI=1S/C27H35Cl2N3O2/c1-19(31-12-2-3-13-31)18-34-26-17-23(29)8-9-24(26)21-10-14-32(15-11-21)27(33)25(30)16-20-4-6-22(28)7-5-20/h4-9,17,19,21,25H,2-3,10-16,18,30H2,1H3/t19-,25+/m0/s1. The molecule has 2 aromatic carbocycles. The van der Waals surface area contributed by atoms with Crippen LogP contribution in [-0.2, 0) is 11.2 Å². The Bertz CT molecular complexity index is 955. The summed E-state index contributed by atoms with van der Waals surface area (Å²) in [5.41, 5.74) is 8.47. The minimum Gasteiger partial charge on any atom is -0.492 e. The van der Waals surface area contributed by atoms with E-state index in [1.54, 1.807) is 0 Å². The van der Waals surface area contributed by atoms with Crippen LogP contribution in [0, 0.1) is 0 Å². The number of carbonyl (C=O) groups is 1. The number of amides is 1. The average Bonchev–Trinajstić information content (AvgIpc) is 3.39. The number of rotatable bonds is 8. The number of hydrogen-bond donors (Lipinski definition) is 1. The van der Waals surface area contributed by atoms with Crippen LogP contribution in [0.25, 0.3) is 0 Å². The molecule has 2 saturated heterocycles. The van der Waals surface area contributed by atoms with Crippen molar-refractivity contribution in [3.63, 3.8) is 0 Å². The molecule has 0 saturated carbocycles. The maximum atomic E-state index is 13.0. The van der Waals surface area contributed by atoms with E-state index in [-0.39, 0.29) is 5.91 Å². The number of carbonyl (C=O) groups excluding carboxylic acids is 1. The second kappa shape index (κ2) is 11.8. The first-order valence-corrected chi connectivity index (χ1v) is 13.1. The molecule has 2 atom stereocenters. The van der Waals surface area contributed by atoms with Crippen LogP contribution in [0.4, 0.5) is 0 Å². The third kappa shape index (κ3) is 6.45. The zero-order valence-corrected chi connectivity index (χ0v) is 21.4. The maximum absolute atomic E-state index is 13.0. The van der Waals surface area contributed by atoms with Gasteiger partial charge in [-0.25, -0.2) is 0 Å². The number of benzene rings is 2. The lowest BCUT2D eigenvalue weighted by molar-refractivity contribution is -0.133. The van der Waals surface area contributed by atoms with Crippen LogP contribution in [0.1, 0.15) is 49.7 Å². The second-order valence-corrected chi connectivity index (χ2v) is 10.5. The van der Waals surface area contributed by atoms with Crippen molar-refractivity contribution in [3.05, 3.63) is 63.6 Å². The van der Waals surface area contributed by atoms with Crippen molar-refractivity contribution in [1.82, 2.24) is 9.80 Å². The minimum absolute atomic E-state index is 0.0143. The molecule has 34 heavy (non-hydrogen) atoms. The van der Waals surface area contributed by atoms with E-state index in [9.17, 15) is 4.79 Å². The van der Waals surface area contributed by atoms with Gasteiger partial charge in [0.25, 0.3) is 0 Å². The Morgan fingerprint density at radius 1 is 1.03 bits per heavy atom. The lowest BCUT2D eigenvalue weighted by Crippen LogP contribution is -2.47. The summed E-state index contributed by atoms with van der Waals surface area (Å²) in [6, 6.07) is 13.3. The fourth-order valence-corrected chi connectivity index (χ4v) is 5.36. The molecule has 0 aromatic heterocycles. The fraction of sp³-hybridized carbons (Fsp3) is 0.519. The summed E-state index contributed by atoms with van der Waals surface area (Å²) in [6.45, 7) is 6.59. The Kier molecular flexibility index (Phi) is 8.75. The van der Waals surface area contributed by atoms with Crippen LogP contribution in [0.15, 0.2) is 42.5 Å². The SMILES string of the molecule is C[C@@H](COc1cc(Cl)ccc1C1CCN(C(=O)[C@H](N)Cc2ccc(Cl)cc2)CC1)N1CCCC1. The number of halogens is 2. The van der Waals surface area contributed by atoms with E-state index in [0.29, 0.717) is 48.1 Å². The first kappa shape index (κ1) is 25.3. The molecule has 2 aliphatic rings. The van der Waals surface area contributed by atoms with Gasteiger partial charge in [-0.15, -0.1) is 0 Å². The molecule has 4 rings (SSSR count). The molecule has 5 nitrogen and oxygen atoms in total. The van der Waals surface area contributed by atoms with Gasteiger partial charge in [0.2, 0.25) is 5.91 Å².